The van der Waals surface area contributed by atoms with Gasteiger partial charge in [-0.2, -0.15) is 0 Å². The quantitative estimate of drug-likeness (QED) is 0.294. The third-order valence-electron chi connectivity index (χ3n) is 2.57. The minimum absolute atomic E-state index is 0.645. The van der Waals surface area contributed by atoms with Crippen molar-refractivity contribution in [1.82, 2.24) is 0 Å². The summed E-state index contributed by atoms with van der Waals surface area (Å²) in [6, 6.07) is 0. The first-order valence-corrected chi connectivity index (χ1v) is 6.64. The van der Waals surface area contributed by atoms with Crippen molar-refractivity contribution >= 4 is 6.29 Å². The Morgan fingerprint density at radius 1 is 1.06 bits per heavy atom. The Kier molecular flexibility index (Phi) is 11.6. The molecule has 1 nitrogen and oxygen atoms in total. The molecule has 0 amide bonds. The van der Waals surface area contributed by atoms with Crippen molar-refractivity contribution in [2.75, 3.05) is 0 Å². The molecule has 0 aromatic rings. The van der Waals surface area contributed by atoms with Gasteiger partial charge < -0.3 is 4.79 Å². The van der Waals surface area contributed by atoms with Crippen LogP contribution in [-0.4, -0.2) is 6.29 Å². The standard InChI is InChI=1S/C15H26O/c1-3-5-6-8-12-15(11-4-2)13-9-7-10-14-16/h9,11,13-14H,3-8,10,12H2,1-2H3. The molecule has 0 spiro atoms. The highest BCUT2D eigenvalue weighted by molar-refractivity contribution is 5.49. The Labute approximate surface area is 101 Å². The highest BCUT2D eigenvalue weighted by Crippen LogP contribution is 2.12. The van der Waals surface area contributed by atoms with Crippen molar-refractivity contribution in [3.8, 4) is 0 Å². The summed E-state index contributed by atoms with van der Waals surface area (Å²) in [6.45, 7) is 4.41. The van der Waals surface area contributed by atoms with E-state index in [9.17, 15) is 4.79 Å². The average molecular weight is 222 g/mol. The topological polar surface area (TPSA) is 17.1 Å². The summed E-state index contributed by atoms with van der Waals surface area (Å²) in [6.07, 6.45) is 16.7. The summed E-state index contributed by atoms with van der Waals surface area (Å²) in [7, 11) is 0. The lowest BCUT2D eigenvalue weighted by Gasteiger charge is -2.02. The molecule has 0 N–H and O–H groups in total. The number of allylic oxidation sites excluding steroid dienone is 4. The lowest BCUT2D eigenvalue weighted by molar-refractivity contribution is -0.107. The van der Waals surface area contributed by atoms with Crippen LogP contribution in [0.1, 0.15) is 65.2 Å². The van der Waals surface area contributed by atoms with E-state index in [0.29, 0.717) is 6.42 Å². The summed E-state index contributed by atoms with van der Waals surface area (Å²) in [5.74, 6) is 0. The Morgan fingerprint density at radius 3 is 2.50 bits per heavy atom. The summed E-state index contributed by atoms with van der Waals surface area (Å²) < 4.78 is 0. The molecule has 0 fully saturated rings. The fourth-order valence-corrected chi connectivity index (χ4v) is 1.67. The number of rotatable bonds is 10. The fraction of sp³-hybridized carbons (Fsp3) is 0.667. The maximum absolute atomic E-state index is 10.2. The zero-order valence-electron chi connectivity index (χ0n) is 10.9. The molecular formula is C15H26O. The van der Waals surface area contributed by atoms with E-state index in [0.717, 1.165) is 19.1 Å². The van der Waals surface area contributed by atoms with E-state index >= 15 is 0 Å². The molecule has 1 heteroatoms. The van der Waals surface area contributed by atoms with Crippen molar-refractivity contribution in [3.63, 3.8) is 0 Å². The van der Waals surface area contributed by atoms with E-state index in [1.54, 1.807) is 0 Å². The summed E-state index contributed by atoms with van der Waals surface area (Å²) in [5, 5.41) is 0. The third kappa shape index (κ3) is 9.70. The van der Waals surface area contributed by atoms with E-state index in [1.165, 1.54) is 37.7 Å². The SMILES string of the molecule is CCC=C(C=CCCC=O)CCCCCC. The van der Waals surface area contributed by atoms with E-state index in [1.807, 2.05) is 0 Å². The second-order valence-electron chi connectivity index (χ2n) is 4.14. The number of hydrogen-bond acceptors (Lipinski definition) is 1. The number of carbonyl (C=O) groups is 1. The van der Waals surface area contributed by atoms with Crippen molar-refractivity contribution in [2.24, 2.45) is 0 Å². The second-order valence-corrected chi connectivity index (χ2v) is 4.14. The molecule has 0 heterocycles. The maximum Gasteiger partial charge on any atom is 0.120 e. The number of carbonyl (C=O) groups excluding carboxylic acids is 1. The zero-order valence-corrected chi connectivity index (χ0v) is 10.9. The molecule has 0 bridgehead atoms. The van der Waals surface area contributed by atoms with Crippen molar-refractivity contribution in [1.29, 1.82) is 0 Å². The fourth-order valence-electron chi connectivity index (χ4n) is 1.67. The minimum Gasteiger partial charge on any atom is -0.303 e. The van der Waals surface area contributed by atoms with Crippen LogP contribution in [0.25, 0.3) is 0 Å². The minimum atomic E-state index is 0.645. The van der Waals surface area contributed by atoms with Gasteiger partial charge in [-0.1, -0.05) is 56.9 Å². The molecule has 0 aliphatic heterocycles. The van der Waals surface area contributed by atoms with Crippen LogP contribution in [0.3, 0.4) is 0 Å². The second kappa shape index (κ2) is 12.2. The molecule has 0 saturated carbocycles. The van der Waals surface area contributed by atoms with Crippen LogP contribution < -0.4 is 0 Å². The number of hydrogen-bond donors (Lipinski definition) is 0. The van der Waals surface area contributed by atoms with Gasteiger partial charge in [0.15, 0.2) is 0 Å². The average Bonchev–Trinajstić information content (AvgIpc) is 2.30. The normalized spacial score (nSPS) is 12.2. The van der Waals surface area contributed by atoms with E-state index in [-0.39, 0.29) is 0 Å². The predicted molar refractivity (Wildman–Crippen MR) is 71.6 cm³/mol. The van der Waals surface area contributed by atoms with Crippen molar-refractivity contribution < 1.29 is 4.79 Å². The Balaban J connectivity index is 3.83. The molecule has 0 aliphatic carbocycles. The Morgan fingerprint density at radius 2 is 1.88 bits per heavy atom. The van der Waals surface area contributed by atoms with Crippen LogP contribution in [-0.2, 0) is 4.79 Å². The van der Waals surface area contributed by atoms with Gasteiger partial charge in [-0.25, -0.2) is 0 Å². The Hall–Kier alpha value is -0.850. The van der Waals surface area contributed by atoms with E-state index < -0.39 is 0 Å². The molecule has 0 unspecified atom stereocenters. The van der Waals surface area contributed by atoms with Crippen molar-refractivity contribution in [2.45, 2.75) is 65.2 Å². The van der Waals surface area contributed by atoms with Crippen LogP contribution in [0, 0.1) is 0 Å². The lowest BCUT2D eigenvalue weighted by Crippen LogP contribution is -1.82. The highest BCUT2D eigenvalue weighted by atomic mass is 16.1. The van der Waals surface area contributed by atoms with E-state index in [2.05, 4.69) is 32.1 Å². The third-order valence-corrected chi connectivity index (χ3v) is 2.57. The monoisotopic (exact) mass is 222 g/mol. The zero-order chi connectivity index (χ0) is 12.1. The Bertz CT molecular complexity index is 213. The number of unbranched alkanes of at least 4 members (excludes halogenated alkanes) is 4. The van der Waals surface area contributed by atoms with Crippen LogP contribution in [0.2, 0.25) is 0 Å². The maximum atomic E-state index is 10.2. The summed E-state index contributed by atoms with van der Waals surface area (Å²) in [4.78, 5) is 10.2. The molecule has 0 radical (unpaired) electrons. The van der Waals surface area contributed by atoms with E-state index in [4.69, 9.17) is 0 Å². The predicted octanol–water partition coefficient (Wildman–Crippen LogP) is 4.83. The molecule has 0 saturated heterocycles. The largest absolute Gasteiger partial charge is 0.303 e. The van der Waals surface area contributed by atoms with Crippen LogP contribution in [0.5, 0.6) is 0 Å². The summed E-state index contributed by atoms with van der Waals surface area (Å²) in [5.41, 5.74) is 1.43. The summed E-state index contributed by atoms with van der Waals surface area (Å²) >= 11 is 0. The first-order valence-electron chi connectivity index (χ1n) is 6.64. The van der Waals surface area contributed by atoms with Crippen LogP contribution >= 0.6 is 0 Å². The number of aldehydes is 1. The first-order chi connectivity index (χ1) is 7.85. The van der Waals surface area contributed by atoms with Crippen LogP contribution in [0.4, 0.5) is 0 Å². The lowest BCUT2D eigenvalue weighted by atomic mass is 10.0. The van der Waals surface area contributed by atoms with Crippen molar-refractivity contribution in [3.05, 3.63) is 23.8 Å². The van der Waals surface area contributed by atoms with Gasteiger partial charge in [0.25, 0.3) is 0 Å². The molecule has 92 valence electrons. The van der Waals surface area contributed by atoms with Gasteiger partial charge in [0.05, 0.1) is 0 Å². The van der Waals surface area contributed by atoms with Gasteiger partial charge in [0, 0.05) is 6.42 Å². The molecule has 0 aromatic carbocycles. The van der Waals surface area contributed by atoms with Crippen LogP contribution in [0.15, 0.2) is 23.8 Å². The van der Waals surface area contributed by atoms with Gasteiger partial charge in [0.2, 0.25) is 0 Å². The van der Waals surface area contributed by atoms with Gasteiger partial charge in [-0.05, 0) is 25.7 Å². The molecule has 16 heavy (non-hydrogen) atoms. The molecule has 0 rings (SSSR count). The van der Waals surface area contributed by atoms with Gasteiger partial charge in [-0.3, -0.25) is 0 Å². The molecule has 0 aliphatic rings. The molecule has 0 atom stereocenters. The molecular weight excluding hydrogens is 196 g/mol. The highest BCUT2D eigenvalue weighted by Gasteiger charge is 1.93. The van der Waals surface area contributed by atoms with Gasteiger partial charge >= 0.3 is 0 Å². The first kappa shape index (κ1) is 15.2. The smallest absolute Gasteiger partial charge is 0.120 e. The van der Waals surface area contributed by atoms with Gasteiger partial charge in [0.1, 0.15) is 6.29 Å². The van der Waals surface area contributed by atoms with Gasteiger partial charge in [-0.15, -0.1) is 0 Å². The molecule has 0 aromatic heterocycles.